The highest BCUT2D eigenvalue weighted by Crippen LogP contribution is 2.39. The molecule has 1 aliphatic heterocycles. The zero-order chi connectivity index (χ0) is 15.0. The first-order chi connectivity index (χ1) is 10.8. The van der Waals surface area contributed by atoms with E-state index >= 15 is 0 Å². The Hall–Kier alpha value is -2.14. The third-order valence-electron chi connectivity index (χ3n) is 5.11. The lowest BCUT2D eigenvalue weighted by atomic mass is 9.73. The Morgan fingerprint density at radius 3 is 2.68 bits per heavy atom. The van der Waals surface area contributed by atoms with Crippen molar-refractivity contribution < 1.29 is 4.79 Å². The van der Waals surface area contributed by atoms with Gasteiger partial charge in [0, 0.05) is 28.9 Å². The van der Waals surface area contributed by atoms with Crippen LogP contribution in [0.5, 0.6) is 0 Å². The number of amides is 1. The van der Waals surface area contributed by atoms with E-state index in [0.717, 1.165) is 24.1 Å². The van der Waals surface area contributed by atoms with Crippen molar-refractivity contribution in [2.45, 2.75) is 37.3 Å². The first-order valence-corrected chi connectivity index (χ1v) is 7.92. The number of hydrogen-bond acceptors (Lipinski definition) is 3. The minimum atomic E-state index is 0.0266. The number of hydrogen-bond donors (Lipinski definition) is 3. The number of carbonyl (C=O) groups excluding carboxylic acids is 1. The van der Waals surface area contributed by atoms with E-state index in [4.69, 9.17) is 0 Å². The first-order valence-electron chi connectivity index (χ1n) is 7.92. The van der Waals surface area contributed by atoms with Crippen molar-refractivity contribution in [3.63, 3.8) is 0 Å². The molecular formula is C17H20N4O. The van der Waals surface area contributed by atoms with E-state index in [1.807, 2.05) is 30.5 Å². The van der Waals surface area contributed by atoms with Gasteiger partial charge < -0.3 is 10.6 Å². The van der Waals surface area contributed by atoms with E-state index in [9.17, 15) is 4.79 Å². The second-order valence-electron chi connectivity index (χ2n) is 6.32. The Morgan fingerprint density at radius 1 is 1.23 bits per heavy atom. The molecule has 4 rings (SSSR count). The van der Waals surface area contributed by atoms with Crippen molar-refractivity contribution in [3.05, 3.63) is 42.2 Å². The van der Waals surface area contributed by atoms with Crippen molar-refractivity contribution in [1.29, 1.82) is 0 Å². The summed E-state index contributed by atoms with van der Waals surface area (Å²) in [5, 5.41) is 13.5. The summed E-state index contributed by atoms with van der Waals surface area (Å²) in [6.07, 6.45) is 8.27. The summed E-state index contributed by atoms with van der Waals surface area (Å²) >= 11 is 0. The lowest BCUT2D eigenvalue weighted by Gasteiger charge is -2.43. The molecule has 2 aliphatic rings. The van der Waals surface area contributed by atoms with Gasteiger partial charge in [0.1, 0.15) is 0 Å². The summed E-state index contributed by atoms with van der Waals surface area (Å²) in [6.45, 7) is 1.00. The quantitative estimate of drug-likeness (QED) is 0.812. The van der Waals surface area contributed by atoms with Gasteiger partial charge in [0.2, 0.25) is 0 Å². The molecule has 2 heterocycles. The van der Waals surface area contributed by atoms with Crippen LogP contribution in [-0.4, -0.2) is 34.2 Å². The van der Waals surface area contributed by atoms with E-state index in [-0.39, 0.29) is 17.5 Å². The molecule has 1 amide bonds. The molecule has 1 aliphatic carbocycles. The number of benzene rings is 1. The fourth-order valence-corrected chi connectivity index (χ4v) is 3.62. The second-order valence-corrected chi connectivity index (χ2v) is 6.32. The smallest absolute Gasteiger partial charge is 0.251 e. The Balaban J connectivity index is 1.46. The molecule has 1 aromatic carbocycles. The van der Waals surface area contributed by atoms with Crippen molar-refractivity contribution in [2.24, 2.45) is 0 Å². The summed E-state index contributed by atoms with van der Waals surface area (Å²) < 4.78 is 0. The van der Waals surface area contributed by atoms with E-state index in [0.29, 0.717) is 5.56 Å². The second kappa shape index (κ2) is 5.25. The summed E-state index contributed by atoms with van der Waals surface area (Å²) in [5.74, 6) is 0.0266. The molecule has 1 saturated heterocycles. The van der Waals surface area contributed by atoms with E-state index < -0.39 is 0 Å². The Labute approximate surface area is 129 Å². The van der Waals surface area contributed by atoms with Crippen LogP contribution >= 0.6 is 0 Å². The van der Waals surface area contributed by atoms with Crippen LogP contribution in [-0.2, 0) is 0 Å². The van der Waals surface area contributed by atoms with Crippen molar-refractivity contribution in [3.8, 4) is 11.1 Å². The molecule has 1 spiro atoms. The molecule has 1 saturated carbocycles. The maximum atomic E-state index is 12.5. The van der Waals surface area contributed by atoms with Crippen LogP contribution in [0, 0.1) is 0 Å². The van der Waals surface area contributed by atoms with Crippen molar-refractivity contribution in [1.82, 2.24) is 20.8 Å². The van der Waals surface area contributed by atoms with Gasteiger partial charge in [0.25, 0.3) is 5.91 Å². The normalized spacial score (nSPS) is 22.5. The van der Waals surface area contributed by atoms with Crippen LogP contribution in [0.3, 0.4) is 0 Å². The summed E-state index contributed by atoms with van der Waals surface area (Å²) in [6, 6.07) is 7.96. The predicted molar refractivity (Wildman–Crippen MR) is 84.5 cm³/mol. The minimum absolute atomic E-state index is 0.0266. The number of carbonyl (C=O) groups is 1. The molecule has 2 aromatic rings. The van der Waals surface area contributed by atoms with Crippen LogP contribution in [0.2, 0.25) is 0 Å². The average molecular weight is 296 g/mol. The van der Waals surface area contributed by atoms with Gasteiger partial charge >= 0.3 is 0 Å². The Morgan fingerprint density at radius 2 is 2.05 bits per heavy atom. The molecule has 114 valence electrons. The summed E-state index contributed by atoms with van der Waals surface area (Å²) in [7, 11) is 0. The number of aromatic nitrogens is 2. The van der Waals surface area contributed by atoms with Crippen LogP contribution < -0.4 is 10.6 Å². The van der Waals surface area contributed by atoms with E-state index in [1.165, 1.54) is 19.3 Å². The van der Waals surface area contributed by atoms with Crippen LogP contribution in [0.4, 0.5) is 0 Å². The molecule has 2 fully saturated rings. The van der Waals surface area contributed by atoms with Crippen LogP contribution in [0.1, 0.15) is 36.0 Å². The highest BCUT2D eigenvalue weighted by Gasteiger charge is 2.47. The monoisotopic (exact) mass is 296 g/mol. The van der Waals surface area contributed by atoms with Gasteiger partial charge in [0.05, 0.1) is 6.20 Å². The average Bonchev–Trinajstić information content (AvgIpc) is 3.16. The number of H-pyrrole nitrogens is 1. The Kier molecular flexibility index (Phi) is 3.22. The highest BCUT2D eigenvalue weighted by molar-refractivity contribution is 5.95. The zero-order valence-corrected chi connectivity index (χ0v) is 12.4. The topological polar surface area (TPSA) is 69.8 Å². The number of nitrogens with one attached hydrogen (secondary N) is 3. The third-order valence-corrected chi connectivity index (χ3v) is 5.11. The summed E-state index contributed by atoms with van der Waals surface area (Å²) in [4.78, 5) is 12.5. The van der Waals surface area contributed by atoms with Gasteiger partial charge in [-0.2, -0.15) is 5.10 Å². The molecule has 3 N–H and O–H groups in total. The van der Waals surface area contributed by atoms with Gasteiger partial charge in [-0.25, -0.2) is 0 Å². The standard InChI is InChI=1S/C17H20N4O/c22-16(21-15-6-9-18-17(15)7-1-8-17)13-4-2-12(3-5-13)14-10-19-20-11-14/h2-5,10-11,15,18H,1,6-9H2,(H,19,20)(H,21,22). The number of nitrogens with zero attached hydrogens (tertiary/aromatic N) is 1. The van der Waals surface area contributed by atoms with Crippen molar-refractivity contribution >= 4 is 5.91 Å². The van der Waals surface area contributed by atoms with Crippen molar-refractivity contribution in [2.75, 3.05) is 6.54 Å². The lowest BCUT2D eigenvalue weighted by Crippen LogP contribution is -2.59. The van der Waals surface area contributed by atoms with Gasteiger partial charge in [-0.1, -0.05) is 12.1 Å². The number of rotatable bonds is 3. The molecule has 22 heavy (non-hydrogen) atoms. The third kappa shape index (κ3) is 2.22. The lowest BCUT2D eigenvalue weighted by molar-refractivity contribution is 0.0881. The molecule has 5 nitrogen and oxygen atoms in total. The minimum Gasteiger partial charge on any atom is -0.347 e. The van der Waals surface area contributed by atoms with E-state index in [1.54, 1.807) is 6.20 Å². The fraction of sp³-hybridized carbons (Fsp3) is 0.412. The van der Waals surface area contributed by atoms with Gasteiger partial charge in [-0.15, -0.1) is 0 Å². The van der Waals surface area contributed by atoms with E-state index in [2.05, 4.69) is 20.8 Å². The van der Waals surface area contributed by atoms with Gasteiger partial charge in [0.15, 0.2) is 0 Å². The van der Waals surface area contributed by atoms with Gasteiger partial charge in [-0.3, -0.25) is 9.89 Å². The van der Waals surface area contributed by atoms with Gasteiger partial charge in [-0.05, 0) is 49.9 Å². The van der Waals surface area contributed by atoms with Crippen LogP contribution in [0.15, 0.2) is 36.7 Å². The zero-order valence-electron chi connectivity index (χ0n) is 12.4. The first kappa shape index (κ1) is 13.5. The molecule has 0 radical (unpaired) electrons. The molecule has 1 aromatic heterocycles. The Bertz CT molecular complexity index is 658. The molecular weight excluding hydrogens is 276 g/mol. The molecule has 5 heteroatoms. The highest BCUT2D eigenvalue weighted by atomic mass is 16.1. The molecule has 1 atom stereocenters. The summed E-state index contributed by atoms with van der Waals surface area (Å²) in [5.41, 5.74) is 2.98. The maximum absolute atomic E-state index is 12.5. The largest absolute Gasteiger partial charge is 0.347 e. The fourth-order valence-electron chi connectivity index (χ4n) is 3.62. The SMILES string of the molecule is O=C(NC1CCNC12CCC2)c1ccc(-c2cn[nH]c2)cc1. The molecule has 1 unspecified atom stereocenters. The van der Waals surface area contributed by atoms with Crippen LogP contribution in [0.25, 0.3) is 11.1 Å². The maximum Gasteiger partial charge on any atom is 0.251 e. The number of aromatic amines is 1. The predicted octanol–water partition coefficient (Wildman–Crippen LogP) is 2.09. The molecule has 0 bridgehead atoms.